The van der Waals surface area contributed by atoms with Gasteiger partial charge in [0.1, 0.15) is 11.6 Å². The predicted octanol–water partition coefficient (Wildman–Crippen LogP) is 1.85. The van der Waals surface area contributed by atoms with Gasteiger partial charge in [-0.25, -0.2) is 24.6 Å². The minimum absolute atomic E-state index is 0.738. The number of aromatic nitrogens is 6. The molecule has 3 aromatic rings. The lowest BCUT2D eigenvalue weighted by molar-refractivity contribution is 0.632. The van der Waals surface area contributed by atoms with E-state index in [9.17, 15) is 0 Å². The van der Waals surface area contributed by atoms with Gasteiger partial charge in [-0.2, -0.15) is 5.10 Å². The fraction of sp³-hybridized carbons (Fsp3) is 0.312. The maximum absolute atomic E-state index is 4.59. The second-order valence-electron chi connectivity index (χ2n) is 5.76. The van der Waals surface area contributed by atoms with Crippen LogP contribution in [0.25, 0.3) is 5.82 Å². The molecule has 4 rings (SSSR count). The highest BCUT2D eigenvalue weighted by atomic mass is 79.9. The van der Waals surface area contributed by atoms with Crippen LogP contribution in [0.4, 0.5) is 11.8 Å². The highest BCUT2D eigenvalue weighted by Crippen LogP contribution is 2.19. The van der Waals surface area contributed by atoms with Crippen molar-refractivity contribution in [1.29, 1.82) is 0 Å². The molecule has 8 nitrogen and oxygen atoms in total. The highest BCUT2D eigenvalue weighted by molar-refractivity contribution is 9.10. The highest BCUT2D eigenvalue weighted by Gasteiger charge is 2.21. The van der Waals surface area contributed by atoms with Crippen molar-refractivity contribution in [3.8, 4) is 5.82 Å². The molecular weight excluding hydrogens is 384 g/mol. The van der Waals surface area contributed by atoms with Gasteiger partial charge in [-0.15, -0.1) is 0 Å². The molecule has 9 heteroatoms. The minimum Gasteiger partial charge on any atom is -0.353 e. The van der Waals surface area contributed by atoms with Crippen LogP contribution in [0.5, 0.6) is 0 Å². The second kappa shape index (κ2) is 6.75. The van der Waals surface area contributed by atoms with Crippen molar-refractivity contribution < 1.29 is 0 Å². The molecule has 0 spiro atoms. The molecule has 0 amide bonds. The Kier molecular flexibility index (Phi) is 4.31. The van der Waals surface area contributed by atoms with Gasteiger partial charge in [-0.3, -0.25) is 0 Å². The SMILES string of the molecule is Cc1nc(N2CCN(c3ncc(Br)cn3)CC2)cc(-n2cccn2)n1. The quantitative estimate of drug-likeness (QED) is 0.663. The molecule has 1 aliphatic heterocycles. The van der Waals surface area contributed by atoms with E-state index in [-0.39, 0.29) is 0 Å². The lowest BCUT2D eigenvalue weighted by Crippen LogP contribution is -2.47. The van der Waals surface area contributed by atoms with Crippen LogP contribution in [-0.4, -0.2) is 55.9 Å². The summed E-state index contributed by atoms with van der Waals surface area (Å²) < 4.78 is 2.64. The average molecular weight is 401 g/mol. The van der Waals surface area contributed by atoms with E-state index in [1.54, 1.807) is 23.3 Å². The van der Waals surface area contributed by atoms with Crippen LogP contribution in [0.2, 0.25) is 0 Å². The zero-order chi connectivity index (χ0) is 17.2. The van der Waals surface area contributed by atoms with Crippen molar-refractivity contribution in [1.82, 2.24) is 29.7 Å². The minimum atomic E-state index is 0.738. The number of aryl methyl sites for hydroxylation is 1. The van der Waals surface area contributed by atoms with E-state index in [1.807, 2.05) is 25.3 Å². The predicted molar refractivity (Wildman–Crippen MR) is 98.0 cm³/mol. The molecule has 0 aliphatic carbocycles. The maximum atomic E-state index is 4.59. The van der Waals surface area contributed by atoms with Crippen LogP contribution >= 0.6 is 15.9 Å². The van der Waals surface area contributed by atoms with Gasteiger partial charge < -0.3 is 9.80 Å². The van der Waals surface area contributed by atoms with Gasteiger partial charge in [0.15, 0.2) is 5.82 Å². The first-order chi connectivity index (χ1) is 12.2. The summed E-state index contributed by atoms with van der Waals surface area (Å²) >= 11 is 3.37. The summed E-state index contributed by atoms with van der Waals surface area (Å²) in [6, 6.07) is 3.86. The molecular formula is C16H17BrN8. The molecule has 1 aliphatic rings. The number of halogens is 1. The summed E-state index contributed by atoms with van der Waals surface area (Å²) in [4.78, 5) is 22.3. The second-order valence-corrected chi connectivity index (χ2v) is 6.67. The van der Waals surface area contributed by atoms with Gasteiger partial charge in [-0.1, -0.05) is 0 Å². The number of hydrogen-bond donors (Lipinski definition) is 0. The average Bonchev–Trinajstić information content (AvgIpc) is 3.17. The van der Waals surface area contributed by atoms with E-state index in [4.69, 9.17) is 0 Å². The summed E-state index contributed by atoms with van der Waals surface area (Å²) in [6.45, 7) is 5.31. The van der Waals surface area contributed by atoms with Crippen LogP contribution in [0.15, 0.2) is 41.4 Å². The van der Waals surface area contributed by atoms with E-state index in [2.05, 4.69) is 50.8 Å². The smallest absolute Gasteiger partial charge is 0.225 e. The molecule has 3 aromatic heterocycles. The standard InChI is InChI=1S/C16H17BrN8/c1-12-21-14(9-15(22-12)25-4-2-3-20-25)23-5-7-24(8-6-23)16-18-10-13(17)11-19-16/h2-4,9-11H,5-8H2,1H3. The Labute approximate surface area is 153 Å². The van der Waals surface area contributed by atoms with E-state index in [0.717, 1.165) is 54.1 Å². The monoisotopic (exact) mass is 400 g/mol. The molecule has 0 atom stereocenters. The Hall–Kier alpha value is -2.55. The fourth-order valence-corrected chi connectivity index (χ4v) is 3.03. The number of nitrogens with zero attached hydrogens (tertiary/aromatic N) is 8. The Morgan fingerprint density at radius 3 is 2.32 bits per heavy atom. The molecule has 1 saturated heterocycles. The first-order valence-corrected chi connectivity index (χ1v) is 8.81. The van der Waals surface area contributed by atoms with E-state index >= 15 is 0 Å². The maximum Gasteiger partial charge on any atom is 0.225 e. The van der Waals surface area contributed by atoms with Gasteiger partial charge >= 0.3 is 0 Å². The molecule has 0 N–H and O–H groups in total. The lowest BCUT2D eigenvalue weighted by atomic mass is 10.3. The van der Waals surface area contributed by atoms with E-state index < -0.39 is 0 Å². The van der Waals surface area contributed by atoms with Crippen molar-refractivity contribution in [3.63, 3.8) is 0 Å². The van der Waals surface area contributed by atoms with Crippen LogP contribution in [0.1, 0.15) is 5.82 Å². The fourth-order valence-electron chi connectivity index (χ4n) is 2.82. The third-order valence-electron chi connectivity index (χ3n) is 4.04. The van der Waals surface area contributed by atoms with Gasteiger partial charge in [-0.05, 0) is 28.9 Å². The summed E-state index contributed by atoms with van der Waals surface area (Å²) in [5, 5.41) is 4.25. The molecule has 128 valence electrons. The zero-order valence-electron chi connectivity index (χ0n) is 13.7. The summed E-state index contributed by atoms with van der Waals surface area (Å²) in [5.41, 5.74) is 0. The van der Waals surface area contributed by atoms with Crippen LogP contribution in [0, 0.1) is 6.92 Å². The van der Waals surface area contributed by atoms with Crippen LogP contribution in [0.3, 0.4) is 0 Å². The van der Waals surface area contributed by atoms with Gasteiger partial charge in [0.05, 0.1) is 4.47 Å². The Bertz CT molecular complexity index is 841. The first-order valence-electron chi connectivity index (χ1n) is 8.02. The zero-order valence-corrected chi connectivity index (χ0v) is 15.3. The lowest BCUT2D eigenvalue weighted by Gasteiger charge is -2.35. The summed E-state index contributed by atoms with van der Waals surface area (Å²) in [6.07, 6.45) is 7.18. The third-order valence-corrected chi connectivity index (χ3v) is 4.45. The number of hydrogen-bond acceptors (Lipinski definition) is 7. The molecule has 0 bridgehead atoms. The molecule has 0 unspecified atom stereocenters. The topological polar surface area (TPSA) is 75.9 Å². The van der Waals surface area contributed by atoms with Crippen molar-refractivity contribution >= 4 is 27.7 Å². The van der Waals surface area contributed by atoms with Gasteiger partial charge in [0, 0.05) is 57.0 Å². The Morgan fingerprint density at radius 2 is 1.64 bits per heavy atom. The van der Waals surface area contributed by atoms with Gasteiger partial charge in [0.25, 0.3) is 0 Å². The summed E-state index contributed by atoms with van der Waals surface area (Å²) in [5.74, 6) is 3.21. The number of piperazine rings is 1. The van der Waals surface area contributed by atoms with Gasteiger partial charge in [0.2, 0.25) is 5.95 Å². The molecule has 0 aromatic carbocycles. The third kappa shape index (κ3) is 3.46. The Morgan fingerprint density at radius 1 is 0.960 bits per heavy atom. The molecule has 0 saturated carbocycles. The number of anilines is 2. The van der Waals surface area contributed by atoms with Crippen molar-refractivity contribution in [2.45, 2.75) is 6.92 Å². The largest absolute Gasteiger partial charge is 0.353 e. The molecule has 0 radical (unpaired) electrons. The molecule has 1 fully saturated rings. The van der Waals surface area contributed by atoms with Crippen molar-refractivity contribution in [2.24, 2.45) is 0 Å². The Balaban J connectivity index is 1.50. The van der Waals surface area contributed by atoms with Crippen molar-refractivity contribution in [3.05, 3.63) is 47.2 Å². The summed E-state index contributed by atoms with van der Waals surface area (Å²) in [7, 11) is 0. The number of rotatable bonds is 3. The normalized spacial score (nSPS) is 14.8. The van der Waals surface area contributed by atoms with Crippen LogP contribution < -0.4 is 9.80 Å². The molecule has 4 heterocycles. The van der Waals surface area contributed by atoms with E-state index in [1.165, 1.54) is 0 Å². The van der Waals surface area contributed by atoms with E-state index in [0.29, 0.717) is 0 Å². The van der Waals surface area contributed by atoms with Crippen molar-refractivity contribution in [2.75, 3.05) is 36.0 Å². The molecule has 25 heavy (non-hydrogen) atoms. The van der Waals surface area contributed by atoms with Crippen LogP contribution in [-0.2, 0) is 0 Å². The first kappa shape index (κ1) is 15.9.